The molecular formula is C40H40BaO11. The van der Waals surface area contributed by atoms with Crippen LogP contribution in [0.25, 0.3) is 6.08 Å². The van der Waals surface area contributed by atoms with Gasteiger partial charge in [-0.15, -0.1) is 0 Å². The number of hydrogen-bond donors (Lipinski definition) is 1. The van der Waals surface area contributed by atoms with E-state index in [4.69, 9.17) is 28.4 Å². The van der Waals surface area contributed by atoms with E-state index < -0.39 is 0 Å². The van der Waals surface area contributed by atoms with Gasteiger partial charge in [-0.1, -0.05) is 84.9 Å². The van der Waals surface area contributed by atoms with Crippen molar-refractivity contribution in [1.82, 2.24) is 0 Å². The second-order valence-electron chi connectivity index (χ2n) is 10.4. The molecule has 11 nitrogen and oxygen atoms in total. The number of rotatable bonds is 16. The minimum atomic E-state index is -0.285. The Labute approximate surface area is 343 Å². The van der Waals surface area contributed by atoms with E-state index in [2.05, 4.69) is 0 Å². The van der Waals surface area contributed by atoms with Crippen LogP contribution in [0.15, 0.2) is 127 Å². The Morgan fingerprint density at radius 1 is 0.596 bits per heavy atom. The molecule has 0 saturated carbocycles. The summed E-state index contributed by atoms with van der Waals surface area (Å²) in [6, 6.07) is 36.5. The largest absolute Gasteiger partial charge is 2.00 e. The maximum absolute atomic E-state index is 12.3. The molecule has 0 bridgehead atoms. The van der Waals surface area contributed by atoms with Crippen LogP contribution in [0.4, 0.5) is 0 Å². The molecule has 0 radical (unpaired) electrons. The minimum absolute atomic E-state index is 0. The van der Waals surface area contributed by atoms with E-state index in [1.807, 2.05) is 66.7 Å². The summed E-state index contributed by atoms with van der Waals surface area (Å²) in [6.07, 6.45) is 3.84. The Morgan fingerprint density at radius 2 is 1.06 bits per heavy atom. The van der Waals surface area contributed by atoms with E-state index in [9.17, 15) is 14.7 Å². The van der Waals surface area contributed by atoms with Crippen molar-refractivity contribution in [3.05, 3.63) is 155 Å². The van der Waals surface area contributed by atoms with E-state index in [0.29, 0.717) is 41.8 Å². The summed E-state index contributed by atoms with van der Waals surface area (Å²) in [4.78, 5) is 23.1. The molecule has 0 fully saturated rings. The van der Waals surface area contributed by atoms with Gasteiger partial charge < -0.3 is 44.5 Å². The third kappa shape index (κ3) is 15.1. The van der Waals surface area contributed by atoms with Gasteiger partial charge in [0.15, 0.2) is 42.4 Å². The second-order valence-corrected chi connectivity index (χ2v) is 10.4. The number of carbonyl (C=O) groups excluding carboxylic acids is 2. The van der Waals surface area contributed by atoms with Gasteiger partial charge in [-0.3, -0.25) is 9.59 Å². The monoisotopic (exact) mass is 834 g/mol. The minimum Gasteiger partial charge on any atom is -0.870 e. The number of allylic oxidation sites excluding steroid dienone is 1. The zero-order chi connectivity index (χ0) is 34.7. The van der Waals surface area contributed by atoms with Crippen molar-refractivity contribution in [2.24, 2.45) is 0 Å². The van der Waals surface area contributed by atoms with Crippen LogP contribution in [0.3, 0.4) is 0 Å². The molecule has 0 spiro atoms. The second kappa shape index (κ2) is 25.5. The van der Waals surface area contributed by atoms with Gasteiger partial charge in [0.05, 0.1) is 5.56 Å². The summed E-state index contributed by atoms with van der Waals surface area (Å²) in [5.74, 6) is 1.83. The third-order valence-electron chi connectivity index (χ3n) is 6.81. The fourth-order valence-electron chi connectivity index (χ4n) is 4.35. The normalized spacial score (nSPS) is 9.88. The van der Waals surface area contributed by atoms with Crippen LogP contribution in [-0.2, 0) is 22.7 Å². The molecule has 12 heteroatoms. The molecular weight excluding hydrogens is 794 g/mol. The molecule has 268 valence electrons. The van der Waals surface area contributed by atoms with E-state index in [-0.39, 0.29) is 90.5 Å². The zero-order valence-corrected chi connectivity index (χ0v) is 33.4. The summed E-state index contributed by atoms with van der Waals surface area (Å²) in [6.45, 7) is 1.02. The molecule has 0 amide bonds. The average Bonchev–Trinajstić information content (AvgIpc) is 3.15. The molecule has 0 aromatic heterocycles. The van der Waals surface area contributed by atoms with Gasteiger partial charge in [0, 0.05) is 19.8 Å². The average molecular weight is 834 g/mol. The van der Waals surface area contributed by atoms with Gasteiger partial charge in [-0.2, -0.15) is 0 Å². The third-order valence-corrected chi connectivity index (χ3v) is 6.81. The molecule has 0 aliphatic carbocycles. The Kier molecular flexibility index (Phi) is 22.4. The number of ketones is 1. The first kappa shape index (κ1) is 45.6. The van der Waals surface area contributed by atoms with Crippen molar-refractivity contribution >= 4 is 67.0 Å². The number of methoxy groups -OCH3 is 2. The van der Waals surface area contributed by atoms with Crippen LogP contribution >= 0.6 is 0 Å². The van der Waals surface area contributed by atoms with Crippen molar-refractivity contribution in [2.45, 2.75) is 13.2 Å². The number of hydrogen-bond acceptors (Lipinski definition) is 11. The Hall–Kier alpha value is -4.41. The molecule has 0 heterocycles. The number of carbonyl (C=O) groups is 2. The molecule has 0 unspecified atom stereocenters. The molecule has 5 rings (SSSR count). The molecule has 5 aromatic carbocycles. The number of ether oxygens (including phenoxy) is 6. The van der Waals surface area contributed by atoms with Gasteiger partial charge in [0.1, 0.15) is 25.2 Å². The van der Waals surface area contributed by atoms with E-state index in [0.717, 1.165) is 23.0 Å². The van der Waals surface area contributed by atoms with Crippen molar-refractivity contribution < 1.29 is 54.1 Å². The Balaban J connectivity index is 0.000000521. The summed E-state index contributed by atoms with van der Waals surface area (Å²) in [7, 11) is 3.08. The first-order valence-corrected chi connectivity index (χ1v) is 15.3. The van der Waals surface area contributed by atoms with Crippen LogP contribution in [0.5, 0.6) is 28.7 Å². The topological polar surface area (TPSA) is 170 Å². The van der Waals surface area contributed by atoms with Gasteiger partial charge in [-0.25, -0.2) is 0 Å². The van der Waals surface area contributed by atoms with Gasteiger partial charge in [-0.05, 0) is 65.2 Å². The number of benzene rings is 5. The molecule has 0 aliphatic rings. The Morgan fingerprint density at radius 3 is 1.54 bits per heavy atom. The number of phenolic OH excluding ortho intramolecular Hbond substituents is 1. The van der Waals surface area contributed by atoms with Crippen LogP contribution in [0, 0.1) is 0 Å². The van der Waals surface area contributed by atoms with E-state index in [1.54, 1.807) is 61.7 Å². The summed E-state index contributed by atoms with van der Waals surface area (Å²) < 4.78 is 32.5. The Bertz CT molecular complexity index is 1800. The number of aldehydes is 1. The zero-order valence-electron chi connectivity index (χ0n) is 28.9. The van der Waals surface area contributed by atoms with Gasteiger partial charge >= 0.3 is 48.9 Å². The van der Waals surface area contributed by atoms with E-state index in [1.165, 1.54) is 19.3 Å². The summed E-state index contributed by atoms with van der Waals surface area (Å²) in [5.41, 5.74) is 3.64. The molecule has 0 saturated heterocycles. The maximum Gasteiger partial charge on any atom is 2.00 e. The molecule has 5 aromatic rings. The van der Waals surface area contributed by atoms with Crippen LogP contribution in [-0.4, -0.2) is 105 Å². The number of aromatic hydroxyl groups is 1. The van der Waals surface area contributed by atoms with Crippen molar-refractivity contribution in [1.29, 1.82) is 0 Å². The first-order valence-electron chi connectivity index (χ1n) is 15.3. The molecule has 0 atom stereocenters. The predicted molar refractivity (Wildman–Crippen MR) is 196 cm³/mol. The van der Waals surface area contributed by atoms with Crippen molar-refractivity contribution in [2.75, 3.05) is 27.8 Å². The fourth-order valence-corrected chi connectivity index (χ4v) is 4.35. The maximum atomic E-state index is 12.3. The molecule has 0 aliphatic heterocycles. The molecule has 52 heavy (non-hydrogen) atoms. The standard InChI is InChI=1S/C24H22O5.C16H16O4.Ba.2H2O/c1-27-17-29-24-15-18(11-13-22(26)20-9-5-6-10-21(20)25)12-14-23(24)28-16-19-7-3-2-4-8-19;1-18-12-20-16-9-14(10-17)7-8-15(16)19-11-13-5-3-2-4-6-13;;;/h2-15,25H,16-17H2,1H3;2-10H,11-12H2,1H3;;2*1H2/q;;+2;;/p-2/b13-11+;;;;. The quantitative estimate of drug-likeness (QED) is 0.0352. The van der Waals surface area contributed by atoms with Gasteiger partial charge in [0.2, 0.25) is 0 Å². The number of phenols is 1. The summed E-state index contributed by atoms with van der Waals surface area (Å²) >= 11 is 0. The fraction of sp³-hybridized carbons (Fsp3) is 0.150. The van der Waals surface area contributed by atoms with Crippen LogP contribution in [0.2, 0.25) is 0 Å². The first-order chi connectivity index (χ1) is 24.0. The van der Waals surface area contributed by atoms with Crippen molar-refractivity contribution in [3.8, 4) is 28.7 Å². The van der Waals surface area contributed by atoms with Gasteiger partial charge in [0.25, 0.3) is 0 Å². The summed E-state index contributed by atoms with van der Waals surface area (Å²) in [5, 5.41) is 9.80. The smallest absolute Gasteiger partial charge is 0.870 e. The predicted octanol–water partition coefficient (Wildman–Crippen LogP) is 7.18. The van der Waals surface area contributed by atoms with Crippen molar-refractivity contribution in [3.63, 3.8) is 0 Å². The number of para-hydroxylation sites is 1. The van der Waals surface area contributed by atoms with E-state index >= 15 is 0 Å². The SMILES string of the molecule is COCOc1cc(/C=C/C(=O)c2ccccc2O)ccc1OCc1ccccc1.COCOc1cc(C=O)ccc1OCc1ccccc1.[Ba+2].[OH-].[OH-]. The van der Waals surface area contributed by atoms with Crippen LogP contribution < -0.4 is 18.9 Å². The molecule has 3 N–H and O–H groups in total. The van der Waals surface area contributed by atoms with Crippen LogP contribution in [0.1, 0.15) is 37.4 Å².